The monoisotopic (exact) mass is 317 g/mol. The van der Waals surface area contributed by atoms with Crippen LogP contribution in [0.15, 0.2) is 0 Å². The fourth-order valence-electron chi connectivity index (χ4n) is 1.74. The van der Waals surface area contributed by atoms with E-state index in [0.29, 0.717) is 0 Å². The van der Waals surface area contributed by atoms with Crippen LogP contribution in [0.5, 0.6) is 0 Å². The summed E-state index contributed by atoms with van der Waals surface area (Å²) in [7, 11) is 0. The molecule has 4 unspecified atom stereocenters. The van der Waals surface area contributed by atoms with Gasteiger partial charge < -0.3 is 26.6 Å². The molecule has 0 spiro atoms. The number of nitrogens with one attached hydrogen (secondary N) is 2. The van der Waals surface area contributed by atoms with E-state index >= 15 is 0 Å². The Morgan fingerprint density at radius 2 is 1.64 bits per heavy atom. The van der Waals surface area contributed by atoms with Gasteiger partial charge >= 0.3 is 5.97 Å². The third-order valence-corrected chi connectivity index (χ3v) is 3.60. The van der Waals surface area contributed by atoms with Gasteiger partial charge in [0.2, 0.25) is 11.8 Å². The summed E-state index contributed by atoms with van der Waals surface area (Å²) in [5.41, 5.74) is 5.82. The fourth-order valence-corrected chi connectivity index (χ4v) is 1.74. The Bertz CT molecular complexity index is 400. The van der Waals surface area contributed by atoms with Gasteiger partial charge in [0, 0.05) is 0 Å². The first-order chi connectivity index (χ1) is 10.1. The molecule has 0 radical (unpaired) electrons. The molecular formula is C14H27N3O5. The molecule has 0 aliphatic rings. The molecule has 0 aromatic carbocycles. The molecule has 0 heterocycles. The number of hydrogen-bond acceptors (Lipinski definition) is 5. The van der Waals surface area contributed by atoms with Gasteiger partial charge in [0.05, 0.1) is 12.6 Å². The lowest BCUT2D eigenvalue weighted by Gasteiger charge is -2.26. The Kier molecular flexibility index (Phi) is 8.66. The summed E-state index contributed by atoms with van der Waals surface area (Å²) >= 11 is 0. The van der Waals surface area contributed by atoms with Gasteiger partial charge in [-0.1, -0.05) is 34.1 Å². The number of aliphatic hydroxyl groups excluding tert-OH is 1. The highest BCUT2D eigenvalue weighted by molar-refractivity contribution is 5.92. The largest absolute Gasteiger partial charge is 0.480 e. The summed E-state index contributed by atoms with van der Waals surface area (Å²) in [6.45, 7) is 6.44. The standard InChI is InChI=1S/C14H27N3O5/c1-5-8(4)10(15)12(19)17-11(7(2)3)13(20)16-9(6-18)14(21)22/h7-11,18H,5-6,15H2,1-4H3,(H,16,20)(H,17,19)(H,21,22). The quantitative estimate of drug-likeness (QED) is 0.372. The third kappa shape index (κ3) is 5.98. The summed E-state index contributed by atoms with van der Waals surface area (Å²) in [6, 6.07) is -3.07. The summed E-state index contributed by atoms with van der Waals surface area (Å²) in [4.78, 5) is 35.0. The number of amides is 2. The van der Waals surface area contributed by atoms with Crippen LogP contribution in [0.3, 0.4) is 0 Å². The molecule has 0 aromatic rings. The Morgan fingerprint density at radius 1 is 1.09 bits per heavy atom. The van der Waals surface area contributed by atoms with Gasteiger partial charge in [0.15, 0.2) is 0 Å². The highest BCUT2D eigenvalue weighted by Gasteiger charge is 2.30. The van der Waals surface area contributed by atoms with Gasteiger partial charge in [-0.05, 0) is 11.8 Å². The van der Waals surface area contributed by atoms with E-state index in [9.17, 15) is 14.4 Å². The van der Waals surface area contributed by atoms with Crippen molar-refractivity contribution in [1.29, 1.82) is 0 Å². The van der Waals surface area contributed by atoms with E-state index in [4.69, 9.17) is 15.9 Å². The maximum Gasteiger partial charge on any atom is 0.328 e. The molecule has 4 atom stereocenters. The Morgan fingerprint density at radius 3 is 2.00 bits per heavy atom. The van der Waals surface area contributed by atoms with Gasteiger partial charge in [0.25, 0.3) is 0 Å². The minimum Gasteiger partial charge on any atom is -0.480 e. The van der Waals surface area contributed by atoms with E-state index in [2.05, 4.69) is 10.6 Å². The first kappa shape index (κ1) is 20.3. The molecule has 0 fully saturated rings. The molecule has 8 nitrogen and oxygen atoms in total. The zero-order valence-electron chi connectivity index (χ0n) is 13.5. The maximum atomic E-state index is 12.1. The molecule has 0 aromatic heterocycles. The van der Waals surface area contributed by atoms with Crippen LogP contribution >= 0.6 is 0 Å². The van der Waals surface area contributed by atoms with Crippen molar-refractivity contribution >= 4 is 17.8 Å². The van der Waals surface area contributed by atoms with E-state index in [-0.39, 0.29) is 11.8 Å². The van der Waals surface area contributed by atoms with Crippen LogP contribution in [-0.4, -0.2) is 52.7 Å². The van der Waals surface area contributed by atoms with E-state index in [0.717, 1.165) is 6.42 Å². The van der Waals surface area contributed by atoms with Crippen molar-refractivity contribution < 1.29 is 24.6 Å². The van der Waals surface area contributed by atoms with Crippen molar-refractivity contribution in [3.05, 3.63) is 0 Å². The normalized spacial score (nSPS) is 16.5. The average molecular weight is 317 g/mol. The molecule has 2 amide bonds. The van der Waals surface area contributed by atoms with Gasteiger partial charge in [-0.3, -0.25) is 9.59 Å². The number of aliphatic hydroxyl groups is 1. The molecule has 22 heavy (non-hydrogen) atoms. The highest BCUT2D eigenvalue weighted by Crippen LogP contribution is 2.08. The lowest BCUT2D eigenvalue weighted by atomic mass is 9.97. The fraction of sp³-hybridized carbons (Fsp3) is 0.786. The number of hydrogen-bond donors (Lipinski definition) is 5. The molecular weight excluding hydrogens is 290 g/mol. The van der Waals surface area contributed by atoms with Crippen LogP contribution in [0.25, 0.3) is 0 Å². The first-order valence-electron chi connectivity index (χ1n) is 7.35. The smallest absolute Gasteiger partial charge is 0.328 e. The van der Waals surface area contributed by atoms with E-state index in [1.807, 2.05) is 13.8 Å². The molecule has 0 rings (SSSR count). The van der Waals surface area contributed by atoms with Crippen molar-refractivity contribution in [3.8, 4) is 0 Å². The molecule has 6 N–H and O–H groups in total. The van der Waals surface area contributed by atoms with Crippen LogP contribution in [-0.2, 0) is 14.4 Å². The van der Waals surface area contributed by atoms with Crippen molar-refractivity contribution in [2.75, 3.05) is 6.61 Å². The minimum absolute atomic E-state index is 0.0416. The van der Waals surface area contributed by atoms with E-state index in [1.54, 1.807) is 13.8 Å². The number of carboxylic acids is 1. The lowest BCUT2D eigenvalue weighted by Crippen LogP contribution is -2.57. The molecule has 128 valence electrons. The van der Waals surface area contributed by atoms with E-state index < -0.39 is 42.5 Å². The second-order valence-corrected chi connectivity index (χ2v) is 5.72. The summed E-state index contributed by atoms with van der Waals surface area (Å²) in [5, 5.41) is 22.5. The number of carbonyl (C=O) groups is 3. The van der Waals surface area contributed by atoms with Crippen molar-refractivity contribution in [3.63, 3.8) is 0 Å². The van der Waals surface area contributed by atoms with Crippen molar-refractivity contribution in [1.82, 2.24) is 10.6 Å². The van der Waals surface area contributed by atoms with Gasteiger partial charge in [-0.2, -0.15) is 0 Å². The maximum absolute atomic E-state index is 12.1. The topological polar surface area (TPSA) is 142 Å². The Balaban J connectivity index is 4.89. The van der Waals surface area contributed by atoms with Crippen LogP contribution < -0.4 is 16.4 Å². The number of aliphatic carboxylic acids is 1. The predicted molar refractivity (Wildman–Crippen MR) is 80.9 cm³/mol. The zero-order valence-corrected chi connectivity index (χ0v) is 13.5. The predicted octanol–water partition coefficient (Wildman–Crippen LogP) is -0.938. The van der Waals surface area contributed by atoms with Crippen molar-refractivity contribution in [2.45, 2.75) is 52.2 Å². The molecule has 0 aliphatic heterocycles. The average Bonchev–Trinajstić information content (AvgIpc) is 2.47. The Labute approximate surface area is 130 Å². The first-order valence-corrected chi connectivity index (χ1v) is 7.35. The number of carbonyl (C=O) groups excluding carboxylic acids is 2. The van der Waals surface area contributed by atoms with Crippen LogP contribution in [0.4, 0.5) is 0 Å². The van der Waals surface area contributed by atoms with Crippen LogP contribution in [0.2, 0.25) is 0 Å². The lowest BCUT2D eigenvalue weighted by molar-refractivity contribution is -0.143. The number of carboxylic acid groups (broad SMARTS) is 1. The summed E-state index contributed by atoms with van der Waals surface area (Å²) in [5.74, 6) is -2.78. The van der Waals surface area contributed by atoms with Gasteiger partial charge in [0.1, 0.15) is 12.1 Å². The number of rotatable bonds is 9. The van der Waals surface area contributed by atoms with Gasteiger partial charge in [-0.15, -0.1) is 0 Å². The van der Waals surface area contributed by atoms with Crippen LogP contribution in [0, 0.1) is 11.8 Å². The zero-order chi connectivity index (χ0) is 17.4. The molecule has 8 heteroatoms. The molecule has 0 saturated heterocycles. The van der Waals surface area contributed by atoms with Crippen LogP contribution in [0.1, 0.15) is 34.1 Å². The third-order valence-electron chi connectivity index (χ3n) is 3.60. The summed E-state index contributed by atoms with van der Waals surface area (Å²) in [6.07, 6.45) is 0.721. The summed E-state index contributed by atoms with van der Waals surface area (Å²) < 4.78 is 0. The second-order valence-electron chi connectivity index (χ2n) is 5.72. The Hall–Kier alpha value is -1.67. The molecule has 0 aliphatic carbocycles. The van der Waals surface area contributed by atoms with Crippen molar-refractivity contribution in [2.24, 2.45) is 17.6 Å². The SMILES string of the molecule is CCC(C)C(N)C(=O)NC(C(=O)NC(CO)C(=O)O)C(C)C. The van der Waals surface area contributed by atoms with Gasteiger partial charge in [-0.25, -0.2) is 4.79 Å². The highest BCUT2D eigenvalue weighted by atomic mass is 16.4. The number of nitrogens with two attached hydrogens (primary N) is 1. The van der Waals surface area contributed by atoms with E-state index in [1.165, 1.54) is 0 Å². The molecule has 0 saturated carbocycles. The molecule has 0 bridgehead atoms. The minimum atomic E-state index is -1.41. The second kappa shape index (κ2) is 9.37.